The van der Waals surface area contributed by atoms with Crippen LogP contribution in [-0.4, -0.2) is 4.57 Å². The van der Waals surface area contributed by atoms with Gasteiger partial charge in [-0.15, -0.1) is 11.3 Å². The van der Waals surface area contributed by atoms with E-state index in [1.165, 1.54) is 137 Å². The predicted molar refractivity (Wildman–Crippen MR) is 321 cm³/mol. The van der Waals surface area contributed by atoms with Crippen LogP contribution in [0.3, 0.4) is 0 Å². The molecule has 1 aliphatic heterocycles. The van der Waals surface area contributed by atoms with E-state index in [1.54, 1.807) is 0 Å². The summed E-state index contributed by atoms with van der Waals surface area (Å²) in [5.74, 6) is 0. The molecule has 0 saturated heterocycles. The van der Waals surface area contributed by atoms with Crippen LogP contribution in [0.4, 0.5) is 17.1 Å². The van der Waals surface area contributed by atoms with Gasteiger partial charge in [0.15, 0.2) is 0 Å². The minimum absolute atomic E-state index is 0.486. The molecule has 12 aromatic carbocycles. The molecule has 2 nitrogen and oxygen atoms in total. The van der Waals surface area contributed by atoms with Gasteiger partial charge in [-0.2, -0.15) is 0 Å². The Kier molecular flexibility index (Phi) is 8.18. The smallest absolute Gasteiger partial charge is 0.0755 e. The van der Waals surface area contributed by atoms with Crippen molar-refractivity contribution in [1.29, 1.82) is 0 Å². The molecule has 356 valence electrons. The fourth-order valence-electron chi connectivity index (χ4n) is 15.2. The third kappa shape index (κ3) is 5.11. The molecule has 1 atom stereocenters. The number of para-hydroxylation sites is 3. The fraction of sp³-hybridized carbons (Fsp3) is 0.0270. The van der Waals surface area contributed by atoms with Gasteiger partial charge in [-0.1, -0.05) is 218 Å². The summed E-state index contributed by atoms with van der Waals surface area (Å²) in [6.45, 7) is 0. The molecular formula is C74H44N2S. The van der Waals surface area contributed by atoms with Crippen molar-refractivity contribution in [2.24, 2.45) is 0 Å². The molecule has 3 heterocycles. The standard InChI is InChI=1S/C74H44N2S/c1-7-27-58-49(18-1)50-19-2-8-28-59(50)73(58)61-30-10-4-23-57(61)70-63(73)32-17-36-68(70)75(46-40-38-45(39-41-46)48-24-15-26-56-54-22-6-14-37-69(54)77-72(48)56)47-42-43-52-51-20-3-9-29-60(51)74(65(52)44-47)62-31-11-13-35-67(62)76-66-34-12-5-21-53(66)55-25-16-33-64(74)71(55)76/h1-44H. The zero-order valence-corrected chi connectivity index (χ0v) is 42.5. The minimum Gasteiger partial charge on any atom is -0.310 e. The number of fused-ring (bicyclic) bond motifs is 25. The van der Waals surface area contributed by atoms with Crippen LogP contribution in [0.5, 0.6) is 0 Å². The molecule has 3 aliphatic carbocycles. The number of aromatic nitrogens is 1. The van der Waals surface area contributed by atoms with Crippen LogP contribution in [0.2, 0.25) is 0 Å². The maximum Gasteiger partial charge on any atom is 0.0755 e. The summed E-state index contributed by atoms with van der Waals surface area (Å²) in [6, 6.07) is 101. The van der Waals surface area contributed by atoms with Crippen LogP contribution in [0, 0.1) is 0 Å². The molecule has 3 heteroatoms. The van der Waals surface area contributed by atoms with Crippen molar-refractivity contribution >= 4 is 70.4 Å². The van der Waals surface area contributed by atoms with E-state index in [1.807, 2.05) is 11.3 Å². The lowest BCUT2D eigenvalue weighted by molar-refractivity contribution is 0.748. The third-order valence-electron chi connectivity index (χ3n) is 18.0. The van der Waals surface area contributed by atoms with E-state index in [0.29, 0.717) is 0 Å². The number of thiophene rings is 1. The highest BCUT2D eigenvalue weighted by atomic mass is 32.1. The largest absolute Gasteiger partial charge is 0.310 e. The average Bonchev–Trinajstić information content (AvgIpc) is 4.37. The van der Waals surface area contributed by atoms with E-state index >= 15 is 0 Å². The van der Waals surface area contributed by atoms with Gasteiger partial charge in [0.1, 0.15) is 0 Å². The van der Waals surface area contributed by atoms with Crippen molar-refractivity contribution in [2.75, 3.05) is 4.90 Å². The lowest BCUT2D eigenvalue weighted by Crippen LogP contribution is -2.33. The first kappa shape index (κ1) is 41.8. The van der Waals surface area contributed by atoms with Gasteiger partial charge < -0.3 is 9.47 Å². The summed E-state index contributed by atoms with van der Waals surface area (Å²) in [5.41, 5.74) is 26.8. The summed E-state index contributed by atoms with van der Waals surface area (Å²) in [4.78, 5) is 2.58. The average molecular weight is 993 g/mol. The number of nitrogens with zero attached hydrogens (tertiary/aromatic N) is 2. The van der Waals surface area contributed by atoms with Crippen molar-refractivity contribution in [3.05, 3.63) is 311 Å². The Morgan fingerprint density at radius 1 is 0.325 bits per heavy atom. The fourth-order valence-corrected chi connectivity index (χ4v) is 16.4. The first-order valence-corrected chi connectivity index (χ1v) is 27.6. The third-order valence-corrected chi connectivity index (χ3v) is 19.2. The highest BCUT2D eigenvalue weighted by molar-refractivity contribution is 7.26. The molecule has 0 amide bonds. The Labute approximate surface area is 449 Å². The van der Waals surface area contributed by atoms with Gasteiger partial charge in [-0.05, 0) is 132 Å². The Morgan fingerprint density at radius 2 is 0.831 bits per heavy atom. The SMILES string of the molecule is c1ccc2c(c1)-c1ccccc1C21c2ccccc2-c2c(N(c3ccc(-c4cccc5c4sc4ccccc45)cc3)c3ccc4c(c3)C3(c5ccccc5-4)c4ccccc4-n4c5ccccc5c5cccc3c54)cccc21. The van der Waals surface area contributed by atoms with Crippen molar-refractivity contribution < 1.29 is 0 Å². The first-order valence-electron chi connectivity index (χ1n) is 26.8. The second-order valence-corrected chi connectivity index (χ2v) is 22.4. The number of rotatable bonds is 4. The van der Waals surface area contributed by atoms with Gasteiger partial charge in [0.2, 0.25) is 0 Å². The van der Waals surface area contributed by atoms with E-state index in [9.17, 15) is 0 Å². The van der Waals surface area contributed by atoms with E-state index in [4.69, 9.17) is 0 Å². The van der Waals surface area contributed by atoms with Gasteiger partial charge in [0.25, 0.3) is 0 Å². The highest BCUT2D eigenvalue weighted by Crippen LogP contribution is 2.66. The molecule has 14 aromatic rings. The molecule has 0 saturated carbocycles. The second kappa shape index (κ2) is 15.1. The van der Waals surface area contributed by atoms with E-state index in [-0.39, 0.29) is 0 Å². The summed E-state index contributed by atoms with van der Waals surface area (Å²) in [6.07, 6.45) is 0. The summed E-state index contributed by atoms with van der Waals surface area (Å²) < 4.78 is 5.18. The summed E-state index contributed by atoms with van der Waals surface area (Å²) in [5, 5.41) is 5.18. The molecule has 1 unspecified atom stereocenters. The molecule has 0 radical (unpaired) electrons. The molecule has 2 aromatic heterocycles. The van der Waals surface area contributed by atoms with Gasteiger partial charge in [0, 0.05) is 47.9 Å². The van der Waals surface area contributed by atoms with Crippen LogP contribution in [0.15, 0.2) is 267 Å². The number of hydrogen-bond donors (Lipinski definition) is 0. The van der Waals surface area contributed by atoms with E-state index < -0.39 is 10.8 Å². The second-order valence-electron chi connectivity index (χ2n) is 21.3. The lowest BCUT2D eigenvalue weighted by atomic mass is 9.65. The molecule has 18 rings (SSSR count). The Bertz CT molecular complexity index is 4850. The summed E-state index contributed by atoms with van der Waals surface area (Å²) >= 11 is 1.89. The Hall–Kier alpha value is -9.54. The number of anilines is 3. The molecule has 0 bridgehead atoms. The first-order chi connectivity index (χ1) is 38.2. The Morgan fingerprint density at radius 3 is 1.58 bits per heavy atom. The molecule has 0 fully saturated rings. The zero-order chi connectivity index (χ0) is 50.1. The maximum absolute atomic E-state index is 2.58. The quantitative estimate of drug-likeness (QED) is 0.171. The topological polar surface area (TPSA) is 8.17 Å². The molecular weight excluding hydrogens is 949 g/mol. The van der Waals surface area contributed by atoms with Crippen molar-refractivity contribution in [3.63, 3.8) is 0 Å². The van der Waals surface area contributed by atoms with Crippen molar-refractivity contribution in [2.45, 2.75) is 10.8 Å². The van der Waals surface area contributed by atoms with Crippen LogP contribution < -0.4 is 4.90 Å². The molecule has 0 N–H and O–H groups in total. The molecule has 2 spiro atoms. The van der Waals surface area contributed by atoms with Gasteiger partial charge >= 0.3 is 0 Å². The van der Waals surface area contributed by atoms with Crippen LogP contribution in [0.1, 0.15) is 44.5 Å². The zero-order valence-electron chi connectivity index (χ0n) is 41.7. The molecule has 77 heavy (non-hydrogen) atoms. The Balaban J connectivity index is 0.921. The minimum atomic E-state index is -0.604. The lowest BCUT2D eigenvalue weighted by Gasteiger charge is -2.40. The highest BCUT2D eigenvalue weighted by Gasteiger charge is 2.54. The van der Waals surface area contributed by atoms with Gasteiger partial charge in [-0.3, -0.25) is 0 Å². The van der Waals surface area contributed by atoms with Crippen molar-refractivity contribution in [1.82, 2.24) is 4.57 Å². The summed E-state index contributed by atoms with van der Waals surface area (Å²) in [7, 11) is 0. The monoisotopic (exact) mass is 992 g/mol. The van der Waals surface area contributed by atoms with Crippen LogP contribution >= 0.6 is 11.3 Å². The maximum atomic E-state index is 2.58. The van der Waals surface area contributed by atoms with E-state index in [2.05, 4.69) is 276 Å². The van der Waals surface area contributed by atoms with E-state index in [0.717, 1.165) is 17.1 Å². The molecule has 4 aliphatic rings. The van der Waals surface area contributed by atoms with Crippen LogP contribution in [0.25, 0.3) is 92.2 Å². The predicted octanol–water partition coefficient (Wildman–Crippen LogP) is 19.3. The van der Waals surface area contributed by atoms with Gasteiger partial charge in [0.05, 0.1) is 33.2 Å². The van der Waals surface area contributed by atoms with Gasteiger partial charge in [-0.25, -0.2) is 0 Å². The van der Waals surface area contributed by atoms with Crippen molar-refractivity contribution in [3.8, 4) is 50.2 Å². The number of benzene rings is 12. The normalized spacial score (nSPS) is 15.4. The number of hydrogen-bond acceptors (Lipinski definition) is 2. The van der Waals surface area contributed by atoms with Crippen LogP contribution in [-0.2, 0) is 10.8 Å².